The maximum Gasteiger partial charge on any atom is 0.311 e. The number of benzene rings is 2. The molecule has 7 heteroatoms. The Morgan fingerprint density at radius 1 is 1.00 bits per heavy atom. The lowest BCUT2D eigenvalue weighted by Gasteiger charge is -2.35. The molecule has 0 unspecified atom stereocenters. The van der Waals surface area contributed by atoms with Crippen molar-refractivity contribution in [2.75, 3.05) is 31.1 Å². The van der Waals surface area contributed by atoms with Crippen molar-refractivity contribution < 1.29 is 9.21 Å². The Hall–Kier alpha value is -2.86. The topological polar surface area (TPSA) is 62.5 Å². The number of aromatic nitrogens is 2. The van der Waals surface area contributed by atoms with Gasteiger partial charge in [0.05, 0.1) is 6.42 Å². The molecule has 0 bridgehead atoms. The number of hydrogen-bond acceptors (Lipinski definition) is 5. The molecular weight excluding hydrogens is 364 g/mol. The smallest absolute Gasteiger partial charge is 0.311 e. The highest BCUT2D eigenvalue weighted by molar-refractivity contribution is 6.30. The van der Waals surface area contributed by atoms with Gasteiger partial charge in [-0.15, -0.1) is 10.2 Å². The molecule has 3 aromatic rings. The molecule has 2 heterocycles. The Labute approximate surface area is 162 Å². The molecule has 1 amide bonds. The van der Waals surface area contributed by atoms with E-state index in [1.807, 2.05) is 54.6 Å². The van der Waals surface area contributed by atoms with Gasteiger partial charge in [-0.2, -0.15) is 0 Å². The van der Waals surface area contributed by atoms with Gasteiger partial charge >= 0.3 is 11.8 Å². The molecule has 0 spiro atoms. The van der Waals surface area contributed by atoms with Gasteiger partial charge in [0.1, 0.15) is 0 Å². The summed E-state index contributed by atoms with van der Waals surface area (Å²) < 4.78 is 5.59. The fourth-order valence-corrected chi connectivity index (χ4v) is 3.34. The molecule has 0 radical (unpaired) electrons. The minimum Gasteiger partial charge on any atom is -0.417 e. The molecule has 1 aliphatic rings. The Morgan fingerprint density at radius 2 is 1.78 bits per heavy atom. The fourth-order valence-electron chi connectivity index (χ4n) is 3.16. The lowest BCUT2D eigenvalue weighted by atomic mass is 10.2. The largest absolute Gasteiger partial charge is 0.417 e. The van der Waals surface area contributed by atoms with E-state index in [4.69, 9.17) is 16.0 Å². The highest BCUT2D eigenvalue weighted by atomic mass is 35.5. The summed E-state index contributed by atoms with van der Waals surface area (Å²) in [5.41, 5.74) is 2.13. The van der Waals surface area contributed by atoms with Gasteiger partial charge in [0.25, 0.3) is 0 Å². The van der Waals surface area contributed by atoms with Gasteiger partial charge in [-0.3, -0.25) is 4.79 Å². The summed E-state index contributed by atoms with van der Waals surface area (Å²) in [5, 5.41) is 8.66. The first kappa shape index (κ1) is 17.5. The minimum absolute atomic E-state index is 0.0529. The van der Waals surface area contributed by atoms with E-state index in [1.54, 1.807) is 4.90 Å². The summed E-state index contributed by atoms with van der Waals surface area (Å²) in [6, 6.07) is 17.6. The SMILES string of the molecule is O=C(c1nnc(Cc2ccccc2)o1)N1CCN(c2cccc(Cl)c2)CC1. The predicted molar refractivity (Wildman–Crippen MR) is 103 cm³/mol. The van der Waals surface area contributed by atoms with Gasteiger partial charge in [-0.25, -0.2) is 0 Å². The molecule has 1 fully saturated rings. The Morgan fingerprint density at radius 3 is 2.52 bits per heavy atom. The van der Waals surface area contributed by atoms with E-state index in [1.165, 1.54) is 0 Å². The molecule has 0 saturated carbocycles. The molecule has 0 N–H and O–H groups in total. The summed E-state index contributed by atoms with van der Waals surface area (Å²) in [7, 11) is 0. The summed E-state index contributed by atoms with van der Waals surface area (Å²) in [6.45, 7) is 2.66. The maximum absolute atomic E-state index is 12.7. The number of amides is 1. The first-order chi connectivity index (χ1) is 13.2. The summed E-state index contributed by atoms with van der Waals surface area (Å²) in [5.74, 6) is 0.284. The third-order valence-electron chi connectivity index (χ3n) is 4.59. The molecule has 2 aromatic carbocycles. The van der Waals surface area contributed by atoms with Crippen molar-refractivity contribution >= 4 is 23.2 Å². The molecule has 4 rings (SSSR count). The van der Waals surface area contributed by atoms with E-state index in [0.717, 1.165) is 24.3 Å². The number of nitrogens with zero attached hydrogens (tertiary/aromatic N) is 4. The maximum atomic E-state index is 12.7. The number of piperazine rings is 1. The van der Waals surface area contributed by atoms with Crippen LogP contribution in [0.3, 0.4) is 0 Å². The monoisotopic (exact) mass is 382 g/mol. The van der Waals surface area contributed by atoms with E-state index < -0.39 is 0 Å². The molecule has 0 aliphatic carbocycles. The third-order valence-corrected chi connectivity index (χ3v) is 4.82. The van der Waals surface area contributed by atoms with Crippen LogP contribution in [0.25, 0.3) is 0 Å². The van der Waals surface area contributed by atoms with Gasteiger partial charge < -0.3 is 14.2 Å². The average Bonchev–Trinajstić information content (AvgIpc) is 3.17. The predicted octanol–water partition coefficient (Wildman–Crippen LogP) is 3.28. The zero-order valence-corrected chi connectivity index (χ0v) is 15.5. The van der Waals surface area contributed by atoms with Crippen LogP contribution in [0, 0.1) is 0 Å². The normalized spacial score (nSPS) is 14.4. The molecule has 1 aromatic heterocycles. The van der Waals surface area contributed by atoms with Gasteiger partial charge in [0.15, 0.2) is 0 Å². The average molecular weight is 383 g/mol. The van der Waals surface area contributed by atoms with E-state index in [-0.39, 0.29) is 11.8 Å². The Balaban J connectivity index is 1.37. The molecule has 1 saturated heterocycles. The van der Waals surface area contributed by atoms with Crippen LogP contribution in [0.15, 0.2) is 59.0 Å². The standard InChI is InChI=1S/C20H19ClN4O2/c21-16-7-4-8-17(14-16)24-9-11-25(12-10-24)20(26)19-23-22-18(27-19)13-15-5-2-1-3-6-15/h1-8,14H,9-13H2. The van der Waals surface area contributed by atoms with Crippen molar-refractivity contribution in [2.24, 2.45) is 0 Å². The van der Waals surface area contributed by atoms with Gasteiger partial charge in [0.2, 0.25) is 5.89 Å². The van der Waals surface area contributed by atoms with Crippen molar-refractivity contribution in [1.82, 2.24) is 15.1 Å². The molecule has 1 aliphatic heterocycles. The van der Waals surface area contributed by atoms with Crippen molar-refractivity contribution in [2.45, 2.75) is 6.42 Å². The van der Waals surface area contributed by atoms with Crippen molar-refractivity contribution in [1.29, 1.82) is 0 Å². The van der Waals surface area contributed by atoms with Crippen LogP contribution in [0.1, 0.15) is 22.1 Å². The zero-order valence-electron chi connectivity index (χ0n) is 14.7. The van der Waals surface area contributed by atoms with Gasteiger partial charge in [-0.1, -0.05) is 48.0 Å². The fraction of sp³-hybridized carbons (Fsp3) is 0.250. The van der Waals surface area contributed by atoms with E-state index in [2.05, 4.69) is 15.1 Å². The Bertz CT molecular complexity index is 920. The van der Waals surface area contributed by atoms with Gasteiger partial charge in [-0.05, 0) is 23.8 Å². The summed E-state index contributed by atoms with van der Waals surface area (Å²) >= 11 is 6.06. The van der Waals surface area contributed by atoms with Gasteiger partial charge in [0, 0.05) is 36.9 Å². The molecular formula is C20H19ClN4O2. The third kappa shape index (κ3) is 4.11. The zero-order chi connectivity index (χ0) is 18.6. The Kier molecular flexibility index (Phi) is 5.07. The number of carbonyl (C=O) groups excluding carboxylic acids is 1. The second kappa shape index (κ2) is 7.80. The van der Waals surface area contributed by atoms with Crippen LogP contribution in [-0.4, -0.2) is 47.2 Å². The lowest BCUT2D eigenvalue weighted by molar-refractivity contribution is 0.0705. The quantitative estimate of drug-likeness (QED) is 0.693. The van der Waals surface area contributed by atoms with Crippen LogP contribution < -0.4 is 4.90 Å². The molecule has 6 nitrogen and oxygen atoms in total. The number of anilines is 1. The molecule has 0 atom stereocenters. The van der Waals surface area contributed by atoms with Crippen molar-refractivity contribution in [3.05, 3.63) is 77.0 Å². The summed E-state index contributed by atoms with van der Waals surface area (Å²) in [4.78, 5) is 16.6. The number of carbonyl (C=O) groups is 1. The van der Waals surface area contributed by atoms with Crippen LogP contribution in [0.5, 0.6) is 0 Å². The molecule has 138 valence electrons. The van der Waals surface area contributed by atoms with E-state index >= 15 is 0 Å². The summed E-state index contributed by atoms with van der Waals surface area (Å²) in [6.07, 6.45) is 0.518. The number of hydrogen-bond donors (Lipinski definition) is 0. The second-order valence-corrected chi connectivity index (χ2v) is 6.86. The first-order valence-corrected chi connectivity index (χ1v) is 9.23. The minimum atomic E-state index is -0.215. The number of halogens is 1. The van der Waals surface area contributed by atoms with Crippen LogP contribution in [-0.2, 0) is 6.42 Å². The highest BCUT2D eigenvalue weighted by Crippen LogP contribution is 2.21. The van der Waals surface area contributed by atoms with Crippen LogP contribution in [0.4, 0.5) is 5.69 Å². The van der Waals surface area contributed by atoms with E-state index in [0.29, 0.717) is 30.4 Å². The van der Waals surface area contributed by atoms with Crippen LogP contribution >= 0.6 is 11.6 Å². The number of rotatable bonds is 4. The van der Waals surface area contributed by atoms with Crippen molar-refractivity contribution in [3.63, 3.8) is 0 Å². The highest BCUT2D eigenvalue weighted by Gasteiger charge is 2.26. The second-order valence-electron chi connectivity index (χ2n) is 6.42. The lowest BCUT2D eigenvalue weighted by Crippen LogP contribution is -2.48. The first-order valence-electron chi connectivity index (χ1n) is 8.85. The van der Waals surface area contributed by atoms with Crippen LogP contribution in [0.2, 0.25) is 5.02 Å². The van der Waals surface area contributed by atoms with Crippen molar-refractivity contribution in [3.8, 4) is 0 Å². The molecule has 27 heavy (non-hydrogen) atoms. The van der Waals surface area contributed by atoms with E-state index in [9.17, 15) is 4.79 Å².